The number of aromatic carboxylic acids is 1. The number of carboxylic acid groups (broad SMARTS) is 1. The Labute approximate surface area is 423 Å². The van der Waals surface area contributed by atoms with E-state index in [0.29, 0.717) is 73.9 Å². The molecule has 0 radical (unpaired) electrons. The molecule has 3 N–H and O–H groups in total. The van der Waals surface area contributed by atoms with Gasteiger partial charge in [0.25, 0.3) is 0 Å². The Balaban J connectivity index is 0.000000214. The van der Waals surface area contributed by atoms with Crippen LogP contribution >= 0.6 is 0 Å². The molecule has 0 aliphatic heterocycles. The number of fused-ring (bicyclic) bond motifs is 2. The van der Waals surface area contributed by atoms with Crippen LogP contribution in [0.4, 0.5) is 11.4 Å². The summed E-state index contributed by atoms with van der Waals surface area (Å²) >= 11 is 0. The van der Waals surface area contributed by atoms with Crippen molar-refractivity contribution in [1.82, 2.24) is 0 Å². The topological polar surface area (TPSA) is 177 Å². The molecule has 0 spiro atoms. The van der Waals surface area contributed by atoms with E-state index in [1.165, 1.54) is 13.2 Å². The molecular formula is C59H56N2O12. The molecule has 0 aliphatic rings. The standard InChI is InChI=1S/C30H29NO6.C29H27NO6/c1-3-35-16-17-36-25-14-10-23-20-26(15-11-22(23)19-25)37-24-12-8-21(9-13-24)18-29(32)31-28-7-5-4-6-27(28)30(33)34-2;1-2-34-15-16-35-24-13-9-22-19-25(14-10-21(22)18-24)36-23-11-7-20(8-12-23)17-28(31)30-27-6-4-3-5-26(27)29(32)33/h4-15,19-20H,3,16-18H2,1-2H3,(H,31,32);3-14,18-19H,2,15-17H2,1H3,(H,30,31)(H,32,33). The fourth-order valence-electron chi connectivity index (χ4n) is 7.48. The number of esters is 1. The van der Waals surface area contributed by atoms with Crippen molar-refractivity contribution in [2.75, 3.05) is 57.4 Å². The molecule has 14 nitrogen and oxygen atoms in total. The molecule has 0 fully saturated rings. The van der Waals surface area contributed by atoms with E-state index in [2.05, 4.69) is 10.6 Å². The highest BCUT2D eigenvalue weighted by Gasteiger charge is 2.15. The van der Waals surface area contributed by atoms with Crippen LogP contribution in [0.2, 0.25) is 0 Å². The predicted octanol–water partition coefficient (Wildman–Crippen LogP) is 11.9. The van der Waals surface area contributed by atoms with Crippen LogP contribution in [-0.4, -0.2) is 75.6 Å². The van der Waals surface area contributed by atoms with Crippen LogP contribution in [0.15, 0.2) is 170 Å². The fourth-order valence-corrected chi connectivity index (χ4v) is 7.48. The van der Waals surface area contributed by atoms with Crippen molar-refractivity contribution >= 4 is 56.7 Å². The average molecular weight is 985 g/mol. The maximum atomic E-state index is 12.5. The number of rotatable bonds is 22. The summed E-state index contributed by atoms with van der Waals surface area (Å²) in [5.74, 6) is 2.18. The highest BCUT2D eigenvalue weighted by Crippen LogP contribution is 2.30. The largest absolute Gasteiger partial charge is 0.491 e. The van der Waals surface area contributed by atoms with Gasteiger partial charge >= 0.3 is 11.9 Å². The van der Waals surface area contributed by atoms with Gasteiger partial charge in [0.2, 0.25) is 11.8 Å². The van der Waals surface area contributed by atoms with E-state index in [1.54, 1.807) is 54.6 Å². The maximum Gasteiger partial charge on any atom is 0.339 e. The number of para-hydroxylation sites is 2. The van der Waals surface area contributed by atoms with E-state index in [-0.39, 0.29) is 35.9 Å². The van der Waals surface area contributed by atoms with E-state index >= 15 is 0 Å². The second kappa shape index (κ2) is 26.5. The minimum atomic E-state index is -1.09. The number of benzene rings is 8. The van der Waals surface area contributed by atoms with E-state index in [4.69, 9.17) is 33.2 Å². The molecule has 0 heterocycles. The van der Waals surface area contributed by atoms with Gasteiger partial charge in [-0.2, -0.15) is 0 Å². The van der Waals surface area contributed by atoms with E-state index in [9.17, 15) is 24.3 Å². The molecule has 8 aromatic rings. The maximum absolute atomic E-state index is 12.5. The molecule has 0 aromatic heterocycles. The quantitative estimate of drug-likeness (QED) is 0.0433. The lowest BCUT2D eigenvalue weighted by Crippen LogP contribution is -2.17. The number of methoxy groups -OCH3 is 1. The molecule has 0 saturated carbocycles. The minimum absolute atomic E-state index is 0.0512. The Morgan fingerprint density at radius 2 is 0.808 bits per heavy atom. The van der Waals surface area contributed by atoms with E-state index in [0.717, 1.165) is 44.2 Å². The Kier molecular flexibility index (Phi) is 18.9. The average Bonchev–Trinajstić information content (AvgIpc) is 3.40. The lowest BCUT2D eigenvalue weighted by atomic mass is 10.1. The van der Waals surface area contributed by atoms with Gasteiger partial charge in [0, 0.05) is 13.2 Å². The smallest absolute Gasteiger partial charge is 0.339 e. The third-order valence-corrected chi connectivity index (χ3v) is 11.1. The first-order valence-electron chi connectivity index (χ1n) is 23.7. The second-order valence-corrected chi connectivity index (χ2v) is 16.3. The van der Waals surface area contributed by atoms with Crippen molar-refractivity contribution in [3.63, 3.8) is 0 Å². The van der Waals surface area contributed by atoms with Gasteiger partial charge in [-0.3, -0.25) is 9.59 Å². The first kappa shape index (κ1) is 52.1. The molecule has 0 atom stereocenters. The SMILES string of the molecule is CCOCCOc1ccc2cc(Oc3ccc(CC(=O)Nc4ccccc4C(=O)O)cc3)ccc2c1.CCOCCOc1ccc2cc(Oc3ccc(CC(=O)Nc4ccccc4C(=O)OC)cc3)ccc2c1. The Morgan fingerprint density at radius 1 is 0.438 bits per heavy atom. The molecule has 0 bridgehead atoms. The van der Waals surface area contributed by atoms with Crippen LogP contribution in [0.3, 0.4) is 0 Å². The number of carboxylic acids is 1. The van der Waals surface area contributed by atoms with Gasteiger partial charge in [0.05, 0.1) is 55.7 Å². The molecule has 73 heavy (non-hydrogen) atoms. The van der Waals surface area contributed by atoms with Crippen LogP contribution < -0.4 is 29.6 Å². The number of nitrogens with one attached hydrogen (secondary N) is 2. The molecule has 8 rings (SSSR count). The van der Waals surface area contributed by atoms with Crippen LogP contribution in [0.1, 0.15) is 45.7 Å². The van der Waals surface area contributed by atoms with Gasteiger partial charge in [-0.15, -0.1) is 0 Å². The number of amides is 2. The molecule has 0 aliphatic carbocycles. The molecule has 0 saturated heterocycles. The lowest BCUT2D eigenvalue weighted by Gasteiger charge is -2.11. The molecule has 0 unspecified atom stereocenters. The first-order valence-corrected chi connectivity index (χ1v) is 23.7. The summed E-state index contributed by atoms with van der Waals surface area (Å²) in [7, 11) is 1.31. The Morgan fingerprint density at radius 3 is 1.22 bits per heavy atom. The highest BCUT2D eigenvalue weighted by atomic mass is 16.5. The van der Waals surface area contributed by atoms with Crippen LogP contribution in [-0.2, 0) is 36.6 Å². The van der Waals surface area contributed by atoms with Crippen molar-refractivity contribution in [2.24, 2.45) is 0 Å². The summed E-state index contributed by atoms with van der Waals surface area (Å²) in [5, 5.41) is 18.9. The number of carbonyl (C=O) groups is 4. The van der Waals surface area contributed by atoms with Gasteiger partial charge in [-0.1, -0.05) is 72.8 Å². The second-order valence-electron chi connectivity index (χ2n) is 16.3. The highest BCUT2D eigenvalue weighted by molar-refractivity contribution is 6.02. The number of ether oxygens (including phenoxy) is 7. The van der Waals surface area contributed by atoms with Crippen molar-refractivity contribution in [1.29, 1.82) is 0 Å². The van der Waals surface area contributed by atoms with Crippen LogP contribution in [0.5, 0.6) is 34.5 Å². The Bertz CT molecular complexity index is 3140. The fraction of sp³-hybridized carbons (Fsp3) is 0.186. The van der Waals surface area contributed by atoms with Gasteiger partial charge in [0.15, 0.2) is 0 Å². The van der Waals surface area contributed by atoms with E-state index in [1.807, 2.05) is 123 Å². The summed E-state index contributed by atoms with van der Waals surface area (Å²) in [6, 6.07) is 51.1. The lowest BCUT2D eigenvalue weighted by molar-refractivity contribution is -0.116. The molecule has 8 aromatic carbocycles. The third-order valence-electron chi connectivity index (χ3n) is 11.1. The normalized spacial score (nSPS) is 10.7. The molecular weight excluding hydrogens is 929 g/mol. The van der Waals surface area contributed by atoms with Crippen molar-refractivity contribution in [3.05, 3.63) is 192 Å². The van der Waals surface area contributed by atoms with Gasteiger partial charge < -0.3 is 48.9 Å². The summed E-state index contributed by atoms with van der Waals surface area (Å²) in [4.78, 5) is 48.2. The van der Waals surface area contributed by atoms with Crippen LogP contribution in [0.25, 0.3) is 21.5 Å². The van der Waals surface area contributed by atoms with Gasteiger partial charge in [-0.25, -0.2) is 9.59 Å². The monoisotopic (exact) mass is 984 g/mol. The van der Waals surface area contributed by atoms with Gasteiger partial charge in [-0.05, 0) is 144 Å². The summed E-state index contributed by atoms with van der Waals surface area (Å²) < 4.78 is 38.8. The molecule has 2 amide bonds. The Hall–Kier alpha value is -8.72. The zero-order valence-corrected chi connectivity index (χ0v) is 40.8. The summed E-state index contributed by atoms with van der Waals surface area (Å²) in [5.41, 5.74) is 2.65. The number of carbonyl (C=O) groups excluding carboxylic acids is 3. The van der Waals surface area contributed by atoms with Crippen LogP contribution in [0, 0.1) is 0 Å². The number of hydrogen-bond donors (Lipinski definition) is 3. The summed E-state index contributed by atoms with van der Waals surface area (Å²) in [6.07, 6.45) is 0.264. The van der Waals surface area contributed by atoms with Crippen molar-refractivity contribution < 1.29 is 57.4 Å². The number of hydrogen-bond acceptors (Lipinski definition) is 11. The molecule has 374 valence electrons. The zero-order valence-electron chi connectivity index (χ0n) is 40.8. The van der Waals surface area contributed by atoms with Gasteiger partial charge in [0.1, 0.15) is 47.7 Å². The first-order chi connectivity index (χ1) is 35.6. The summed E-state index contributed by atoms with van der Waals surface area (Å²) in [6.45, 7) is 7.40. The van der Waals surface area contributed by atoms with Crippen molar-refractivity contribution in [2.45, 2.75) is 26.7 Å². The predicted molar refractivity (Wildman–Crippen MR) is 281 cm³/mol. The van der Waals surface area contributed by atoms with E-state index < -0.39 is 11.9 Å². The number of anilines is 2. The third kappa shape index (κ3) is 15.6. The molecule has 14 heteroatoms. The van der Waals surface area contributed by atoms with Crippen molar-refractivity contribution in [3.8, 4) is 34.5 Å². The zero-order chi connectivity index (χ0) is 51.4. The minimum Gasteiger partial charge on any atom is -0.491 e.